The van der Waals surface area contributed by atoms with Crippen LogP contribution in [0.3, 0.4) is 0 Å². The Kier molecular flexibility index (Phi) is 15.6. The molecule has 0 heterocycles. The Labute approximate surface area is 215 Å². The molecule has 0 radical (unpaired) electrons. The molecule has 0 bridgehead atoms. The Hall–Kier alpha value is -3.25. The number of nitriles is 1. The Morgan fingerprint density at radius 3 is 1.83 bits per heavy atom. The lowest BCUT2D eigenvalue weighted by atomic mass is 9.80. The van der Waals surface area contributed by atoms with Crippen LogP contribution in [0.4, 0.5) is 0 Å². The van der Waals surface area contributed by atoms with E-state index in [2.05, 4.69) is 85.2 Å². The van der Waals surface area contributed by atoms with Crippen LogP contribution in [0.2, 0.25) is 0 Å². The average Bonchev–Trinajstić information content (AvgIpc) is 3.33. The number of hydrogen-bond donors (Lipinski definition) is 1. The molecule has 0 aliphatic heterocycles. The van der Waals surface area contributed by atoms with Crippen molar-refractivity contribution < 1.29 is 4.74 Å². The molecule has 1 unspecified atom stereocenters. The molecular formula is C32H46N2O. The largest absolute Gasteiger partial charge is 0.418 e. The molecule has 3 rings (SSSR count). The topological polar surface area (TPSA) is 45.0 Å². The Morgan fingerprint density at radius 2 is 1.46 bits per heavy atom. The molecule has 0 spiro atoms. The summed E-state index contributed by atoms with van der Waals surface area (Å²) < 4.78 is 4.54. The maximum atomic E-state index is 8.04. The SMILES string of the molecule is C=C(C)c1ccc(-c2ccc(C3(C)CCCC3)cc2)cc1.C=C(NC)C(C)OC#N.C=CC.CC. The second-order valence-electron chi connectivity index (χ2n) is 8.74. The van der Waals surface area contributed by atoms with Gasteiger partial charge in [-0.15, -0.1) is 6.58 Å². The van der Waals surface area contributed by atoms with Crippen LogP contribution in [-0.2, 0) is 10.2 Å². The molecule has 1 aliphatic carbocycles. The van der Waals surface area contributed by atoms with Gasteiger partial charge in [0.15, 0.2) is 0 Å². The molecule has 1 N–H and O–H groups in total. The predicted octanol–water partition coefficient (Wildman–Crippen LogP) is 9.04. The van der Waals surface area contributed by atoms with Crippen molar-refractivity contribution in [2.75, 3.05) is 7.05 Å². The highest BCUT2D eigenvalue weighted by Crippen LogP contribution is 2.41. The lowest BCUT2D eigenvalue weighted by molar-refractivity contribution is 0.206. The van der Waals surface area contributed by atoms with E-state index in [9.17, 15) is 0 Å². The summed E-state index contributed by atoms with van der Waals surface area (Å²) in [5, 5.41) is 10.8. The highest BCUT2D eigenvalue weighted by molar-refractivity contribution is 5.68. The van der Waals surface area contributed by atoms with Gasteiger partial charge in [-0.1, -0.05) is 107 Å². The van der Waals surface area contributed by atoms with E-state index in [-0.39, 0.29) is 6.10 Å². The zero-order chi connectivity index (χ0) is 26.9. The van der Waals surface area contributed by atoms with Gasteiger partial charge < -0.3 is 10.1 Å². The Balaban J connectivity index is 0.000000695. The van der Waals surface area contributed by atoms with E-state index < -0.39 is 0 Å². The maximum absolute atomic E-state index is 8.04. The summed E-state index contributed by atoms with van der Waals surface area (Å²) in [7, 11) is 1.74. The lowest BCUT2D eigenvalue weighted by Crippen LogP contribution is -2.18. The number of ether oxygens (including phenoxy) is 1. The molecule has 1 atom stereocenters. The summed E-state index contributed by atoms with van der Waals surface area (Å²) >= 11 is 0. The van der Waals surface area contributed by atoms with E-state index in [0.29, 0.717) is 11.1 Å². The summed E-state index contributed by atoms with van der Waals surface area (Å²) in [4.78, 5) is 0. The van der Waals surface area contributed by atoms with Crippen molar-refractivity contribution in [1.82, 2.24) is 5.32 Å². The first-order chi connectivity index (χ1) is 16.7. The molecule has 0 amide bonds. The van der Waals surface area contributed by atoms with E-state index in [1.54, 1.807) is 26.3 Å². The van der Waals surface area contributed by atoms with Crippen LogP contribution < -0.4 is 5.32 Å². The monoisotopic (exact) mass is 474 g/mol. The van der Waals surface area contributed by atoms with Crippen LogP contribution in [-0.4, -0.2) is 13.2 Å². The average molecular weight is 475 g/mol. The maximum Gasteiger partial charge on any atom is 0.286 e. The molecule has 3 heteroatoms. The van der Waals surface area contributed by atoms with Crippen molar-refractivity contribution in [3.8, 4) is 17.4 Å². The Bertz CT molecular complexity index is 927. The molecule has 0 aromatic heterocycles. The fourth-order valence-electron chi connectivity index (χ4n) is 3.81. The van der Waals surface area contributed by atoms with Gasteiger partial charge in [0.2, 0.25) is 0 Å². The van der Waals surface area contributed by atoms with E-state index in [1.807, 2.05) is 27.7 Å². The molecule has 1 fully saturated rings. The van der Waals surface area contributed by atoms with Crippen LogP contribution >= 0.6 is 0 Å². The summed E-state index contributed by atoms with van der Waals surface area (Å²) in [6.07, 6.45) is 8.51. The summed E-state index contributed by atoms with van der Waals surface area (Å²) in [5.41, 5.74) is 7.53. The summed E-state index contributed by atoms with van der Waals surface area (Å²) in [6.45, 7) is 23.1. The van der Waals surface area contributed by atoms with Crippen molar-refractivity contribution in [1.29, 1.82) is 5.26 Å². The molecule has 1 saturated carbocycles. The van der Waals surface area contributed by atoms with E-state index >= 15 is 0 Å². The second kappa shape index (κ2) is 17.2. The zero-order valence-electron chi connectivity index (χ0n) is 23.1. The van der Waals surface area contributed by atoms with Gasteiger partial charge in [0.05, 0.1) is 0 Å². The predicted molar refractivity (Wildman–Crippen MR) is 154 cm³/mol. The van der Waals surface area contributed by atoms with Gasteiger partial charge in [-0.05, 0) is 61.3 Å². The zero-order valence-corrected chi connectivity index (χ0v) is 23.1. The van der Waals surface area contributed by atoms with Gasteiger partial charge in [-0.2, -0.15) is 5.26 Å². The van der Waals surface area contributed by atoms with Gasteiger partial charge in [0.25, 0.3) is 6.26 Å². The van der Waals surface area contributed by atoms with Gasteiger partial charge in [-0.3, -0.25) is 0 Å². The van der Waals surface area contributed by atoms with Gasteiger partial charge in [0.1, 0.15) is 6.10 Å². The number of allylic oxidation sites excluding steroid dienone is 2. The smallest absolute Gasteiger partial charge is 0.286 e. The van der Waals surface area contributed by atoms with Crippen molar-refractivity contribution in [2.24, 2.45) is 0 Å². The molecule has 2 aromatic carbocycles. The lowest BCUT2D eigenvalue weighted by Gasteiger charge is -2.24. The number of nitrogens with zero attached hydrogens (tertiary/aromatic N) is 1. The number of benzene rings is 2. The first-order valence-electron chi connectivity index (χ1n) is 12.6. The van der Waals surface area contributed by atoms with Crippen molar-refractivity contribution in [3.63, 3.8) is 0 Å². The number of nitrogens with one attached hydrogen (secondary N) is 1. The van der Waals surface area contributed by atoms with Crippen molar-refractivity contribution >= 4 is 5.57 Å². The minimum atomic E-state index is -0.236. The number of rotatable bonds is 6. The second-order valence-corrected chi connectivity index (χ2v) is 8.74. The fourth-order valence-corrected chi connectivity index (χ4v) is 3.81. The van der Waals surface area contributed by atoms with E-state index in [1.165, 1.54) is 47.9 Å². The minimum absolute atomic E-state index is 0.236. The van der Waals surface area contributed by atoms with Gasteiger partial charge >= 0.3 is 0 Å². The number of likely N-dealkylation sites (N-methyl/N-ethyl adjacent to an activating group) is 1. The molecule has 1 aliphatic rings. The molecule has 190 valence electrons. The van der Waals surface area contributed by atoms with Crippen molar-refractivity contribution in [2.45, 2.75) is 78.7 Å². The van der Waals surface area contributed by atoms with Crippen LogP contribution in [0, 0.1) is 11.5 Å². The van der Waals surface area contributed by atoms with E-state index in [0.717, 1.165) is 5.57 Å². The third-order valence-electron chi connectivity index (χ3n) is 6.04. The minimum Gasteiger partial charge on any atom is -0.418 e. The van der Waals surface area contributed by atoms with Crippen LogP contribution in [0.5, 0.6) is 0 Å². The third-order valence-corrected chi connectivity index (χ3v) is 6.04. The summed E-state index contributed by atoms with van der Waals surface area (Å²) in [6, 6.07) is 17.9. The quantitative estimate of drug-likeness (QED) is 0.335. The van der Waals surface area contributed by atoms with Crippen LogP contribution in [0.25, 0.3) is 16.7 Å². The standard InChI is InChI=1S/C21H24.C6H10N2O.C3H6.C2H6/c1-16(2)17-6-8-18(9-7-17)19-10-12-20(13-11-19)21(3)14-4-5-15-21;1-5(8-3)6(2)9-4-7;1-3-2;1-2/h6-13H,1,4-5,14-15H2,2-3H3;6,8H,1H2,2-3H3;3H,1H2,2H3;1-2H3. The first-order valence-corrected chi connectivity index (χ1v) is 12.6. The summed E-state index contributed by atoms with van der Waals surface area (Å²) in [5.74, 6) is 0. The fraction of sp³-hybridized carbons (Fsp3) is 0.406. The van der Waals surface area contributed by atoms with Gasteiger partial charge in [-0.25, -0.2) is 0 Å². The highest BCUT2D eigenvalue weighted by atomic mass is 16.5. The molecule has 2 aromatic rings. The third kappa shape index (κ3) is 10.7. The van der Waals surface area contributed by atoms with Crippen LogP contribution in [0.15, 0.2) is 80.0 Å². The van der Waals surface area contributed by atoms with Gasteiger partial charge in [0, 0.05) is 12.7 Å². The van der Waals surface area contributed by atoms with Crippen molar-refractivity contribution in [3.05, 3.63) is 91.2 Å². The molecular weight excluding hydrogens is 428 g/mol. The van der Waals surface area contributed by atoms with E-state index in [4.69, 9.17) is 5.26 Å². The Morgan fingerprint density at radius 1 is 1.03 bits per heavy atom. The molecule has 3 nitrogen and oxygen atoms in total. The molecule has 0 saturated heterocycles. The van der Waals surface area contributed by atoms with Crippen LogP contribution in [0.1, 0.15) is 78.4 Å². The number of hydrogen-bond acceptors (Lipinski definition) is 3. The molecule has 35 heavy (non-hydrogen) atoms. The normalized spacial score (nSPS) is 13.5. The highest BCUT2D eigenvalue weighted by Gasteiger charge is 2.30. The first kappa shape index (κ1) is 31.8.